The van der Waals surface area contributed by atoms with Gasteiger partial charge in [-0.25, -0.2) is 0 Å². The molecule has 0 aliphatic carbocycles. The van der Waals surface area contributed by atoms with Crippen molar-refractivity contribution in [1.82, 2.24) is 10.2 Å². The maximum Gasteiger partial charge on any atom is 0.249 e. The van der Waals surface area contributed by atoms with E-state index in [0.29, 0.717) is 31.7 Å². The van der Waals surface area contributed by atoms with E-state index in [4.69, 9.17) is 0 Å². The lowest BCUT2D eigenvalue weighted by Gasteiger charge is -2.51. The summed E-state index contributed by atoms with van der Waals surface area (Å²) in [5.41, 5.74) is -1.42. The van der Waals surface area contributed by atoms with Crippen molar-refractivity contribution in [2.24, 2.45) is 5.92 Å². The van der Waals surface area contributed by atoms with Crippen molar-refractivity contribution in [3.05, 3.63) is 0 Å². The first-order valence-corrected chi connectivity index (χ1v) is 7.95. The Morgan fingerprint density at radius 1 is 1.10 bits per heavy atom. The van der Waals surface area contributed by atoms with E-state index in [-0.39, 0.29) is 11.8 Å². The third kappa shape index (κ3) is 2.57. The van der Waals surface area contributed by atoms with Gasteiger partial charge >= 0.3 is 0 Å². The van der Waals surface area contributed by atoms with Crippen molar-refractivity contribution in [2.45, 2.75) is 78.3 Å². The molecular weight excluding hydrogens is 252 g/mol. The first-order valence-electron chi connectivity index (χ1n) is 7.95. The predicted octanol–water partition coefficient (Wildman–Crippen LogP) is 2.72. The molecule has 2 unspecified atom stereocenters. The van der Waals surface area contributed by atoms with Gasteiger partial charge in [0.1, 0.15) is 11.1 Å². The lowest BCUT2D eigenvalue weighted by Crippen LogP contribution is -2.75. The smallest absolute Gasteiger partial charge is 0.249 e. The standard InChI is InChI=1S/C16H30N2O2/c1-7-12(5)11-18-14(20)16(9-3,10-4)17-13(19)15(18,6)8-2/h12H,7-11H2,1-6H3,(H,17,19). The van der Waals surface area contributed by atoms with Gasteiger partial charge in [-0.1, -0.05) is 41.0 Å². The van der Waals surface area contributed by atoms with Crippen molar-refractivity contribution >= 4 is 11.8 Å². The molecule has 0 saturated carbocycles. The largest absolute Gasteiger partial charge is 0.340 e. The van der Waals surface area contributed by atoms with Crippen LogP contribution in [-0.4, -0.2) is 34.3 Å². The molecule has 4 nitrogen and oxygen atoms in total. The van der Waals surface area contributed by atoms with Gasteiger partial charge in [0.2, 0.25) is 11.8 Å². The fraction of sp³-hybridized carbons (Fsp3) is 0.875. The highest BCUT2D eigenvalue weighted by Crippen LogP contribution is 2.33. The fourth-order valence-electron chi connectivity index (χ4n) is 2.82. The number of amides is 2. The van der Waals surface area contributed by atoms with Crippen LogP contribution in [0.5, 0.6) is 0 Å². The number of rotatable bonds is 6. The number of carbonyl (C=O) groups is 2. The lowest BCUT2D eigenvalue weighted by molar-refractivity contribution is -0.163. The predicted molar refractivity (Wildman–Crippen MR) is 81.3 cm³/mol. The maximum absolute atomic E-state index is 13.0. The van der Waals surface area contributed by atoms with Crippen LogP contribution in [-0.2, 0) is 9.59 Å². The molecule has 116 valence electrons. The molecule has 0 spiro atoms. The molecule has 4 heteroatoms. The van der Waals surface area contributed by atoms with Crippen LogP contribution < -0.4 is 5.32 Å². The van der Waals surface area contributed by atoms with Gasteiger partial charge in [0.05, 0.1) is 0 Å². The third-order valence-corrected chi connectivity index (χ3v) is 5.18. The minimum absolute atomic E-state index is 0.00777. The van der Waals surface area contributed by atoms with Crippen molar-refractivity contribution in [3.8, 4) is 0 Å². The zero-order valence-corrected chi connectivity index (χ0v) is 13.9. The van der Waals surface area contributed by atoms with Gasteiger partial charge in [-0.2, -0.15) is 0 Å². The first kappa shape index (κ1) is 17.0. The summed E-state index contributed by atoms with van der Waals surface area (Å²) in [4.78, 5) is 27.4. The van der Waals surface area contributed by atoms with E-state index < -0.39 is 11.1 Å². The van der Waals surface area contributed by atoms with Crippen LogP contribution in [0, 0.1) is 5.92 Å². The molecule has 20 heavy (non-hydrogen) atoms. The highest BCUT2D eigenvalue weighted by Gasteiger charge is 2.54. The molecule has 1 N–H and O–H groups in total. The van der Waals surface area contributed by atoms with E-state index >= 15 is 0 Å². The SMILES string of the molecule is CCC(C)CN1C(=O)C(CC)(CC)NC(=O)C1(C)CC. The van der Waals surface area contributed by atoms with Crippen LogP contribution in [0.1, 0.15) is 67.2 Å². The molecule has 0 aromatic rings. The molecule has 0 aromatic carbocycles. The summed E-state index contributed by atoms with van der Waals surface area (Å²) in [5, 5.41) is 3.01. The Kier molecular flexibility index (Phi) is 5.22. The molecule has 1 aliphatic rings. The van der Waals surface area contributed by atoms with E-state index in [0.717, 1.165) is 6.42 Å². The van der Waals surface area contributed by atoms with Gasteiger partial charge < -0.3 is 10.2 Å². The second-order valence-corrected chi connectivity index (χ2v) is 6.30. The van der Waals surface area contributed by atoms with Gasteiger partial charge in [0, 0.05) is 6.54 Å². The van der Waals surface area contributed by atoms with Crippen LogP contribution in [0.3, 0.4) is 0 Å². The number of hydrogen-bond donors (Lipinski definition) is 1. The molecule has 1 fully saturated rings. The van der Waals surface area contributed by atoms with Gasteiger partial charge in [-0.15, -0.1) is 0 Å². The Balaban J connectivity index is 3.21. The fourth-order valence-corrected chi connectivity index (χ4v) is 2.82. The van der Waals surface area contributed by atoms with E-state index in [1.54, 1.807) is 0 Å². The van der Waals surface area contributed by atoms with Crippen molar-refractivity contribution in [1.29, 1.82) is 0 Å². The van der Waals surface area contributed by atoms with E-state index in [9.17, 15) is 9.59 Å². The van der Waals surface area contributed by atoms with E-state index in [2.05, 4.69) is 19.2 Å². The summed E-state index contributed by atoms with van der Waals surface area (Å²) in [6.07, 6.45) is 2.94. The molecule has 0 bridgehead atoms. The molecule has 2 amide bonds. The molecule has 0 aromatic heterocycles. The molecule has 1 saturated heterocycles. The second kappa shape index (κ2) is 6.15. The van der Waals surface area contributed by atoms with Crippen LogP contribution >= 0.6 is 0 Å². The highest BCUT2D eigenvalue weighted by molar-refractivity contribution is 6.02. The van der Waals surface area contributed by atoms with Crippen LogP contribution in [0.25, 0.3) is 0 Å². The Hall–Kier alpha value is -1.06. The quantitative estimate of drug-likeness (QED) is 0.814. The summed E-state index contributed by atoms with van der Waals surface area (Å²) in [6, 6.07) is 0. The van der Waals surface area contributed by atoms with Crippen LogP contribution in [0.4, 0.5) is 0 Å². The van der Waals surface area contributed by atoms with Crippen molar-refractivity contribution in [3.63, 3.8) is 0 Å². The summed E-state index contributed by atoms with van der Waals surface area (Å²) in [6.45, 7) is 12.7. The molecular formula is C16H30N2O2. The van der Waals surface area contributed by atoms with Crippen LogP contribution in [0.15, 0.2) is 0 Å². The monoisotopic (exact) mass is 282 g/mol. The Labute approximate surface area is 123 Å². The number of nitrogens with zero attached hydrogens (tertiary/aromatic N) is 1. The van der Waals surface area contributed by atoms with Crippen LogP contribution in [0.2, 0.25) is 0 Å². The number of piperazine rings is 1. The molecule has 1 rings (SSSR count). The second-order valence-electron chi connectivity index (χ2n) is 6.30. The average Bonchev–Trinajstić information content (AvgIpc) is 2.47. The first-order chi connectivity index (χ1) is 9.31. The van der Waals surface area contributed by atoms with Gasteiger partial charge in [0.25, 0.3) is 0 Å². The molecule has 0 radical (unpaired) electrons. The van der Waals surface area contributed by atoms with Gasteiger partial charge in [0.15, 0.2) is 0 Å². The summed E-state index contributed by atoms with van der Waals surface area (Å²) < 4.78 is 0. The molecule has 1 heterocycles. The summed E-state index contributed by atoms with van der Waals surface area (Å²) in [7, 11) is 0. The number of nitrogens with one attached hydrogen (secondary N) is 1. The molecule has 1 aliphatic heterocycles. The molecule has 2 atom stereocenters. The minimum Gasteiger partial charge on any atom is -0.340 e. The highest BCUT2D eigenvalue weighted by atomic mass is 16.2. The third-order valence-electron chi connectivity index (χ3n) is 5.18. The van der Waals surface area contributed by atoms with E-state index in [1.165, 1.54) is 0 Å². The Morgan fingerprint density at radius 2 is 1.65 bits per heavy atom. The van der Waals surface area contributed by atoms with Crippen molar-refractivity contribution in [2.75, 3.05) is 6.54 Å². The van der Waals surface area contributed by atoms with Gasteiger partial charge in [-0.05, 0) is 32.1 Å². The Bertz CT molecular complexity index is 377. The maximum atomic E-state index is 13.0. The zero-order chi connectivity index (χ0) is 15.6. The average molecular weight is 282 g/mol. The number of carbonyl (C=O) groups excluding carboxylic acids is 2. The topological polar surface area (TPSA) is 49.4 Å². The zero-order valence-electron chi connectivity index (χ0n) is 13.9. The summed E-state index contributed by atoms with van der Waals surface area (Å²) >= 11 is 0. The summed E-state index contributed by atoms with van der Waals surface area (Å²) in [5.74, 6) is 0.487. The normalized spacial score (nSPS) is 27.4. The minimum atomic E-state index is -0.714. The van der Waals surface area contributed by atoms with E-state index in [1.807, 2.05) is 32.6 Å². The number of hydrogen-bond acceptors (Lipinski definition) is 2. The van der Waals surface area contributed by atoms with Crippen molar-refractivity contribution < 1.29 is 9.59 Å². The van der Waals surface area contributed by atoms with Gasteiger partial charge in [-0.3, -0.25) is 9.59 Å². The lowest BCUT2D eigenvalue weighted by atomic mass is 9.81. The Morgan fingerprint density at radius 3 is 2.05 bits per heavy atom.